The predicted molar refractivity (Wildman–Crippen MR) is 79.9 cm³/mol. The third-order valence-corrected chi connectivity index (χ3v) is 4.57. The number of hydrogen-bond donors (Lipinski definition) is 2. The van der Waals surface area contributed by atoms with Crippen LogP contribution in [-0.4, -0.2) is 21.0 Å². The van der Waals surface area contributed by atoms with Crippen LogP contribution in [0.2, 0.25) is 0 Å². The molecule has 1 atom stereocenters. The molecule has 5 heteroatoms. The molecule has 0 saturated carbocycles. The van der Waals surface area contributed by atoms with Crippen molar-refractivity contribution in [1.29, 1.82) is 0 Å². The molecule has 0 spiro atoms. The Hall–Kier alpha value is -1.07. The average molecular weight is 284 g/mol. The maximum absolute atomic E-state index is 12.4. The number of para-hydroxylation sites is 1. The summed E-state index contributed by atoms with van der Waals surface area (Å²) in [7, 11) is -3.46. The number of anilines is 1. The summed E-state index contributed by atoms with van der Waals surface area (Å²) in [5, 5.41) is 3.09. The van der Waals surface area contributed by atoms with Gasteiger partial charge < -0.3 is 5.32 Å². The Bertz CT molecular complexity index is 486. The van der Waals surface area contributed by atoms with Crippen molar-refractivity contribution >= 4 is 15.7 Å². The van der Waals surface area contributed by atoms with Gasteiger partial charge in [-0.25, -0.2) is 13.1 Å². The molecule has 1 aromatic carbocycles. The highest BCUT2D eigenvalue weighted by Gasteiger charge is 2.21. The fourth-order valence-electron chi connectivity index (χ4n) is 2.02. The highest BCUT2D eigenvalue weighted by molar-refractivity contribution is 7.89. The van der Waals surface area contributed by atoms with Crippen LogP contribution in [-0.2, 0) is 10.0 Å². The van der Waals surface area contributed by atoms with Gasteiger partial charge in [0.25, 0.3) is 0 Å². The lowest BCUT2D eigenvalue weighted by atomic mass is 10.1. The first-order chi connectivity index (χ1) is 9.05. The number of benzene rings is 1. The molecule has 2 N–H and O–H groups in total. The van der Waals surface area contributed by atoms with E-state index in [1.54, 1.807) is 18.2 Å². The lowest BCUT2D eigenvalue weighted by Crippen LogP contribution is -2.34. The van der Waals surface area contributed by atoms with Crippen molar-refractivity contribution in [3.05, 3.63) is 24.3 Å². The van der Waals surface area contributed by atoms with Crippen LogP contribution in [0.15, 0.2) is 29.2 Å². The second kappa shape index (κ2) is 7.50. The quantitative estimate of drug-likeness (QED) is 0.771. The molecule has 0 radical (unpaired) electrons. The van der Waals surface area contributed by atoms with Gasteiger partial charge in [-0.05, 0) is 31.9 Å². The molecule has 1 aromatic rings. The summed E-state index contributed by atoms with van der Waals surface area (Å²) in [6, 6.07) is 7.01. The lowest BCUT2D eigenvalue weighted by molar-refractivity contribution is 0.512. The third-order valence-electron chi connectivity index (χ3n) is 3.00. The normalized spacial score (nSPS) is 13.2. The Labute approximate surface area is 116 Å². The van der Waals surface area contributed by atoms with Crippen molar-refractivity contribution < 1.29 is 8.42 Å². The maximum Gasteiger partial charge on any atom is 0.242 e. The van der Waals surface area contributed by atoms with E-state index in [4.69, 9.17) is 0 Å². The Morgan fingerprint density at radius 3 is 2.42 bits per heavy atom. The summed E-state index contributed by atoms with van der Waals surface area (Å²) in [5.74, 6) is 0. The first kappa shape index (κ1) is 16.0. The standard InChI is InChI=1S/C14H24N2O2S/c1-4-9-12(5-2)16-19(17,18)14-11-8-7-10-13(14)15-6-3/h7-8,10-12,15-16H,4-6,9H2,1-3H3. The van der Waals surface area contributed by atoms with E-state index in [2.05, 4.69) is 17.0 Å². The van der Waals surface area contributed by atoms with Gasteiger partial charge in [-0.2, -0.15) is 0 Å². The van der Waals surface area contributed by atoms with Gasteiger partial charge in [0.05, 0.1) is 5.69 Å². The molecule has 108 valence electrons. The van der Waals surface area contributed by atoms with Gasteiger partial charge in [0, 0.05) is 12.6 Å². The van der Waals surface area contributed by atoms with E-state index in [1.165, 1.54) is 0 Å². The Kier molecular flexibility index (Phi) is 6.31. The summed E-state index contributed by atoms with van der Waals surface area (Å²) < 4.78 is 27.6. The molecule has 0 aliphatic rings. The maximum atomic E-state index is 12.4. The van der Waals surface area contributed by atoms with Crippen molar-refractivity contribution in [3.8, 4) is 0 Å². The molecule has 1 rings (SSSR count). The van der Waals surface area contributed by atoms with E-state index in [1.807, 2.05) is 19.9 Å². The molecule has 0 bridgehead atoms. The van der Waals surface area contributed by atoms with Crippen LogP contribution in [0, 0.1) is 0 Å². The summed E-state index contributed by atoms with van der Waals surface area (Å²) in [4.78, 5) is 0.325. The van der Waals surface area contributed by atoms with Crippen LogP contribution < -0.4 is 10.0 Å². The fraction of sp³-hybridized carbons (Fsp3) is 0.571. The minimum atomic E-state index is -3.46. The third kappa shape index (κ3) is 4.51. The monoisotopic (exact) mass is 284 g/mol. The van der Waals surface area contributed by atoms with Crippen LogP contribution >= 0.6 is 0 Å². The Morgan fingerprint density at radius 2 is 1.84 bits per heavy atom. The van der Waals surface area contributed by atoms with Crippen LogP contribution in [0.5, 0.6) is 0 Å². The molecule has 0 aliphatic carbocycles. The molecule has 0 fully saturated rings. The Morgan fingerprint density at radius 1 is 1.16 bits per heavy atom. The second-order valence-electron chi connectivity index (χ2n) is 4.54. The summed E-state index contributed by atoms with van der Waals surface area (Å²) >= 11 is 0. The van der Waals surface area contributed by atoms with Gasteiger partial charge >= 0.3 is 0 Å². The second-order valence-corrected chi connectivity index (χ2v) is 6.22. The molecule has 19 heavy (non-hydrogen) atoms. The van der Waals surface area contributed by atoms with Crippen molar-refractivity contribution in [2.24, 2.45) is 0 Å². The van der Waals surface area contributed by atoms with Gasteiger partial charge in [-0.15, -0.1) is 0 Å². The van der Waals surface area contributed by atoms with Crippen LogP contribution in [0.25, 0.3) is 0 Å². The van der Waals surface area contributed by atoms with Gasteiger partial charge in [-0.1, -0.05) is 32.4 Å². The number of sulfonamides is 1. The zero-order valence-corrected chi connectivity index (χ0v) is 12.8. The zero-order chi connectivity index (χ0) is 14.3. The SMILES string of the molecule is CCCC(CC)NS(=O)(=O)c1ccccc1NCC. The molecular weight excluding hydrogens is 260 g/mol. The molecule has 0 aromatic heterocycles. The molecule has 0 amide bonds. The Balaban J connectivity index is 2.99. The van der Waals surface area contributed by atoms with E-state index < -0.39 is 10.0 Å². The molecular formula is C14H24N2O2S. The van der Waals surface area contributed by atoms with Gasteiger partial charge in [0.1, 0.15) is 4.90 Å². The summed E-state index contributed by atoms with van der Waals surface area (Å²) in [5.41, 5.74) is 0.656. The zero-order valence-electron chi connectivity index (χ0n) is 11.9. The van der Waals surface area contributed by atoms with Crippen LogP contribution in [0.1, 0.15) is 40.0 Å². The van der Waals surface area contributed by atoms with Gasteiger partial charge in [0.2, 0.25) is 10.0 Å². The number of nitrogens with one attached hydrogen (secondary N) is 2. The number of hydrogen-bond acceptors (Lipinski definition) is 3. The molecule has 1 unspecified atom stereocenters. The minimum absolute atomic E-state index is 0.00434. The molecule has 4 nitrogen and oxygen atoms in total. The number of rotatable bonds is 8. The molecule has 0 heterocycles. The van der Waals surface area contributed by atoms with E-state index in [-0.39, 0.29) is 6.04 Å². The van der Waals surface area contributed by atoms with Gasteiger partial charge in [-0.3, -0.25) is 0 Å². The molecule has 0 aliphatic heterocycles. The first-order valence-corrected chi connectivity index (χ1v) is 8.38. The summed E-state index contributed by atoms with van der Waals surface area (Å²) in [6.45, 7) is 6.70. The smallest absolute Gasteiger partial charge is 0.242 e. The van der Waals surface area contributed by atoms with E-state index in [0.717, 1.165) is 19.3 Å². The lowest BCUT2D eigenvalue weighted by Gasteiger charge is -2.18. The van der Waals surface area contributed by atoms with Crippen LogP contribution in [0.4, 0.5) is 5.69 Å². The largest absolute Gasteiger partial charge is 0.384 e. The average Bonchev–Trinajstić information content (AvgIpc) is 2.39. The predicted octanol–water partition coefficient (Wildman–Crippen LogP) is 2.98. The van der Waals surface area contributed by atoms with Crippen molar-refractivity contribution in [2.45, 2.75) is 51.0 Å². The summed E-state index contributed by atoms with van der Waals surface area (Å²) in [6.07, 6.45) is 2.63. The van der Waals surface area contributed by atoms with E-state index in [9.17, 15) is 8.42 Å². The highest BCUT2D eigenvalue weighted by atomic mass is 32.2. The van der Waals surface area contributed by atoms with E-state index >= 15 is 0 Å². The van der Waals surface area contributed by atoms with Crippen LogP contribution in [0.3, 0.4) is 0 Å². The highest BCUT2D eigenvalue weighted by Crippen LogP contribution is 2.21. The molecule has 0 saturated heterocycles. The van der Waals surface area contributed by atoms with Crippen molar-refractivity contribution in [1.82, 2.24) is 4.72 Å². The fourth-order valence-corrected chi connectivity index (χ4v) is 3.55. The first-order valence-electron chi connectivity index (χ1n) is 6.90. The minimum Gasteiger partial charge on any atom is -0.384 e. The topological polar surface area (TPSA) is 58.2 Å². The van der Waals surface area contributed by atoms with Crippen molar-refractivity contribution in [3.63, 3.8) is 0 Å². The van der Waals surface area contributed by atoms with Crippen molar-refractivity contribution in [2.75, 3.05) is 11.9 Å². The van der Waals surface area contributed by atoms with E-state index in [0.29, 0.717) is 17.1 Å². The van der Waals surface area contributed by atoms with Gasteiger partial charge in [0.15, 0.2) is 0 Å².